The highest BCUT2D eigenvalue weighted by molar-refractivity contribution is 5.78. The molecule has 0 fully saturated rings. The highest BCUT2D eigenvalue weighted by Gasteiger charge is 2.47. The SMILES string of the molecule is O=Cc1ccc(F)c(C(F)(F)F)c1C(F)(F)F. The van der Waals surface area contributed by atoms with Gasteiger partial charge in [0, 0.05) is 5.56 Å². The summed E-state index contributed by atoms with van der Waals surface area (Å²) in [6.45, 7) is 0. The second kappa shape index (κ2) is 4.01. The van der Waals surface area contributed by atoms with Gasteiger partial charge in [0.1, 0.15) is 11.4 Å². The average molecular weight is 260 g/mol. The molecule has 0 atom stereocenters. The van der Waals surface area contributed by atoms with Gasteiger partial charge in [-0.2, -0.15) is 26.3 Å². The van der Waals surface area contributed by atoms with Gasteiger partial charge in [-0.15, -0.1) is 0 Å². The van der Waals surface area contributed by atoms with Gasteiger partial charge in [-0.05, 0) is 12.1 Å². The Hall–Kier alpha value is -1.60. The van der Waals surface area contributed by atoms with Crippen LogP contribution in [0.1, 0.15) is 21.5 Å². The zero-order chi connectivity index (χ0) is 13.4. The van der Waals surface area contributed by atoms with Gasteiger partial charge in [0.15, 0.2) is 6.29 Å². The predicted molar refractivity (Wildman–Crippen MR) is 41.8 cm³/mol. The Morgan fingerprint density at radius 3 is 1.71 bits per heavy atom. The summed E-state index contributed by atoms with van der Waals surface area (Å²) in [5.41, 5.74) is -6.04. The minimum absolute atomic E-state index is 0.168. The summed E-state index contributed by atoms with van der Waals surface area (Å²) in [6, 6.07) is 0.516. The van der Waals surface area contributed by atoms with Crippen LogP contribution in [-0.2, 0) is 12.4 Å². The molecule has 17 heavy (non-hydrogen) atoms. The molecular formula is C9H3F7O. The third kappa shape index (κ3) is 2.56. The van der Waals surface area contributed by atoms with E-state index in [1.807, 2.05) is 0 Å². The number of carbonyl (C=O) groups excluding carboxylic acids is 1. The second-order valence-corrected chi connectivity index (χ2v) is 3.00. The maximum Gasteiger partial charge on any atom is 0.419 e. The Labute approximate surface area is 89.8 Å². The van der Waals surface area contributed by atoms with Gasteiger partial charge in [0.2, 0.25) is 0 Å². The minimum atomic E-state index is -5.53. The maximum atomic E-state index is 12.9. The van der Waals surface area contributed by atoms with Crippen molar-refractivity contribution in [3.8, 4) is 0 Å². The van der Waals surface area contributed by atoms with E-state index >= 15 is 0 Å². The van der Waals surface area contributed by atoms with Gasteiger partial charge in [0.05, 0.1) is 5.56 Å². The van der Waals surface area contributed by atoms with E-state index in [9.17, 15) is 35.5 Å². The molecule has 0 amide bonds. The Morgan fingerprint density at radius 1 is 0.882 bits per heavy atom. The molecular weight excluding hydrogens is 257 g/mol. The van der Waals surface area contributed by atoms with Crippen LogP contribution in [-0.4, -0.2) is 6.29 Å². The molecule has 1 nitrogen and oxygen atoms in total. The van der Waals surface area contributed by atoms with E-state index in [1.54, 1.807) is 0 Å². The molecule has 0 saturated heterocycles. The van der Waals surface area contributed by atoms with E-state index in [0.717, 1.165) is 0 Å². The highest BCUT2D eigenvalue weighted by Crippen LogP contribution is 2.42. The Balaban J connectivity index is 3.73. The molecule has 0 aromatic heterocycles. The summed E-state index contributed by atoms with van der Waals surface area (Å²) in [6.07, 6.45) is -11.4. The number of aldehydes is 1. The normalized spacial score (nSPS) is 12.6. The van der Waals surface area contributed by atoms with E-state index in [4.69, 9.17) is 0 Å². The van der Waals surface area contributed by atoms with E-state index in [0.29, 0.717) is 6.07 Å². The largest absolute Gasteiger partial charge is 0.419 e. The summed E-state index contributed by atoms with van der Waals surface area (Å²) in [4.78, 5) is 10.3. The fraction of sp³-hybridized carbons (Fsp3) is 0.222. The van der Waals surface area contributed by atoms with Crippen LogP contribution in [0, 0.1) is 5.82 Å². The van der Waals surface area contributed by atoms with Crippen LogP contribution in [0.3, 0.4) is 0 Å². The summed E-state index contributed by atoms with van der Waals surface area (Å²) in [7, 11) is 0. The molecule has 0 aliphatic carbocycles. The highest BCUT2D eigenvalue weighted by atomic mass is 19.4. The number of hydrogen-bond donors (Lipinski definition) is 0. The molecule has 94 valence electrons. The summed E-state index contributed by atoms with van der Waals surface area (Å²) >= 11 is 0. The van der Waals surface area contributed by atoms with Crippen LogP contribution in [0.25, 0.3) is 0 Å². The lowest BCUT2D eigenvalue weighted by Crippen LogP contribution is -2.20. The first kappa shape index (κ1) is 13.5. The smallest absolute Gasteiger partial charge is 0.298 e. The number of carbonyl (C=O) groups is 1. The van der Waals surface area contributed by atoms with Crippen molar-refractivity contribution in [2.45, 2.75) is 12.4 Å². The van der Waals surface area contributed by atoms with Gasteiger partial charge < -0.3 is 0 Å². The average Bonchev–Trinajstić information content (AvgIpc) is 2.13. The molecule has 0 spiro atoms. The molecule has 0 saturated carbocycles. The lowest BCUT2D eigenvalue weighted by Gasteiger charge is -2.17. The molecule has 0 radical (unpaired) electrons. The molecule has 0 aliphatic rings. The number of benzene rings is 1. The van der Waals surface area contributed by atoms with Crippen molar-refractivity contribution in [2.24, 2.45) is 0 Å². The summed E-state index contributed by atoms with van der Waals surface area (Å²) < 4.78 is 86.9. The maximum absolute atomic E-state index is 12.9. The number of halogens is 7. The van der Waals surface area contributed by atoms with Crippen LogP contribution in [0.15, 0.2) is 12.1 Å². The zero-order valence-electron chi connectivity index (χ0n) is 7.79. The third-order valence-corrected chi connectivity index (χ3v) is 1.88. The van der Waals surface area contributed by atoms with E-state index < -0.39 is 41.1 Å². The van der Waals surface area contributed by atoms with Crippen LogP contribution in [0.5, 0.6) is 0 Å². The van der Waals surface area contributed by atoms with Crippen LogP contribution in [0.4, 0.5) is 30.7 Å². The Kier molecular flexibility index (Phi) is 3.17. The first-order chi connectivity index (χ1) is 7.59. The van der Waals surface area contributed by atoms with E-state index in [2.05, 4.69) is 0 Å². The zero-order valence-corrected chi connectivity index (χ0v) is 7.79. The molecule has 0 aliphatic heterocycles. The topological polar surface area (TPSA) is 17.1 Å². The first-order valence-electron chi connectivity index (χ1n) is 4.01. The van der Waals surface area contributed by atoms with Crippen molar-refractivity contribution < 1.29 is 35.5 Å². The van der Waals surface area contributed by atoms with Gasteiger partial charge in [-0.25, -0.2) is 4.39 Å². The Morgan fingerprint density at radius 2 is 1.35 bits per heavy atom. The first-order valence-corrected chi connectivity index (χ1v) is 4.01. The molecule has 8 heteroatoms. The fourth-order valence-corrected chi connectivity index (χ4v) is 1.27. The molecule has 1 aromatic rings. The van der Waals surface area contributed by atoms with Gasteiger partial charge >= 0.3 is 12.4 Å². The summed E-state index contributed by atoms with van der Waals surface area (Å²) in [5, 5.41) is 0. The van der Waals surface area contributed by atoms with E-state index in [1.165, 1.54) is 0 Å². The van der Waals surface area contributed by atoms with Crippen molar-refractivity contribution in [2.75, 3.05) is 0 Å². The monoisotopic (exact) mass is 260 g/mol. The quantitative estimate of drug-likeness (QED) is 0.556. The van der Waals surface area contributed by atoms with Gasteiger partial charge in [-0.3, -0.25) is 4.79 Å². The Bertz CT molecular complexity index is 444. The van der Waals surface area contributed by atoms with Crippen molar-refractivity contribution in [3.63, 3.8) is 0 Å². The van der Waals surface area contributed by atoms with E-state index in [-0.39, 0.29) is 6.07 Å². The van der Waals surface area contributed by atoms with Crippen LogP contribution in [0.2, 0.25) is 0 Å². The fourth-order valence-electron chi connectivity index (χ4n) is 1.27. The van der Waals surface area contributed by atoms with Crippen molar-refractivity contribution in [3.05, 3.63) is 34.6 Å². The minimum Gasteiger partial charge on any atom is -0.298 e. The van der Waals surface area contributed by atoms with Crippen molar-refractivity contribution in [1.29, 1.82) is 0 Å². The molecule has 0 heterocycles. The lowest BCUT2D eigenvalue weighted by molar-refractivity contribution is -0.164. The summed E-state index contributed by atoms with van der Waals surface area (Å²) in [5.74, 6) is -2.07. The van der Waals surface area contributed by atoms with Gasteiger partial charge in [0.25, 0.3) is 0 Å². The molecule has 0 N–H and O–H groups in total. The van der Waals surface area contributed by atoms with Gasteiger partial charge in [-0.1, -0.05) is 0 Å². The molecule has 0 bridgehead atoms. The third-order valence-electron chi connectivity index (χ3n) is 1.88. The van der Waals surface area contributed by atoms with Crippen LogP contribution < -0.4 is 0 Å². The molecule has 1 rings (SSSR count). The van der Waals surface area contributed by atoms with Crippen LogP contribution >= 0.6 is 0 Å². The molecule has 1 aromatic carbocycles. The van der Waals surface area contributed by atoms with Crippen molar-refractivity contribution in [1.82, 2.24) is 0 Å². The lowest BCUT2D eigenvalue weighted by atomic mass is 10.00. The van der Waals surface area contributed by atoms with Crippen molar-refractivity contribution >= 4 is 6.29 Å². The second-order valence-electron chi connectivity index (χ2n) is 3.00. The number of alkyl halides is 6. The number of rotatable bonds is 1. The number of hydrogen-bond acceptors (Lipinski definition) is 1. The predicted octanol–water partition coefficient (Wildman–Crippen LogP) is 3.68. The molecule has 0 unspecified atom stereocenters. The standard InChI is InChI=1S/C9H3F7O/c10-5-2-1-4(3-17)6(8(11,12)13)7(5)9(14,15)16/h1-3H.